The van der Waals surface area contributed by atoms with Gasteiger partial charge < -0.3 is 5.32 Å². The van der Waals surface area contributed by atoms with Gasteiger partial charge in [0.25, 0.3) is 5.56 Å². The second-order valence-electron chi connectivity index (χ2n) is 6.03. The van der Waals surface area contributed by atoms with Gasteiger partial charge in [-0.3, -0.25) is 9.78 Å². The van der Waals surface area contributed by atoms with E-state index >= 15 is 0 Å². The summed E-state index contributed by atoms with van der Waals surface area (Å²) in [4.78, 5) is 19.3. The first-order valence-corrected chi connectivity index (χ1v) is 8.24. The fourth-order valence-corrected chi connectivity index (χ4v) is 3.08. The van der Waals surface area contributed by atoms with Crippen molar-refractivity contribution >= 4 is 5.95 Å². The van der Waals surface area contributed by atoms with E-state index in [1.807, 2.05) is 30.3 Å². The lowest BCUT2D eigenvalue weighted by Gasteiger charge is -2.21. The first kappa shape index (κ1) is 14.8. The molecule has 0 aliphatic heterocycles. The van der Waals surface area contributed by atoms with Gasteiger partial charge in [-0.1, -0.05) is 62.4 Å². The van der Waals surface area contributed by atoms with Crippen LogP contribution in [0.5, 0.6) is 0 Å². The van der Waals surface area contributed by atoms with Crippen molar-refractivity contribution in [3.63, 3.8) is 0 Å². The number of benzene rings is 1. The van der Waals surface area contributed by atoms with Crippen LogP contribution in [0.25, 0.3) is 11.3 Å². The Kier molecular flexibility index (Phi) is 4.88. The Balaban J connectivity index is 1.78. The highest BCUT2D eigenvalue weighted by Crippen LogP contribution is 2.20. The van der Waals surface area contributed by atoms with Crippen LogP contribution in [0, 0.1) is 0 Å². The molecule has 116 valence electrons. The van der Waals surface area contributed by atoms with Gasteiger partial charge >= 0.3 is 0 Å². The van der Waals surface area contributed by atoms with Gasteiger partial charge in [0.2, 0.25) is 5.95 Å². The van der Waals surface area contributed by atoms with E-state index in [0.29, 0.717) is 12.0 Å². The molecule has 1 aromatic heterocycles. The normalized spacial score (nSPS) is 16.7. The number of aromatic amines is 1. The van der Waals surface area contributed by atoms with Crippen LogP contribution in [-0.4, -0.2) is 16.0 Å². The number of H-pyrrole nitrogens is 1. The molecule has 2 aromatic rings. The molecule has 1 aromatic carbocycles. The topological polar surface area (TPSA) is 57.8 Å². The van der Waals surface area contributed by atoms with E-state index < -0.39 is 0 Å². The Morgan fingerprint density at radius 3 is 2.41 bits per heavy atom. The second-order valence-corrected chi connectivity index (χ2v) is 6.03. The van der Waals surface area contributed by atoms with E-state index in [4.69, 9.17) is 0 Å². The van der Waals surface area contributed by atoms with Crippen LogP contribution in [-0.2, 0) is 0 Å². The standard InChI is InChI=1S/C18H23N3O/c22-17-13-16(14-9-5-4-6-10-14)20-18(21-17)19-15-11-7-2-1-3-8-12-15/h4-6,9-10,13,15H,1-3,7-8,11-12H2,(H2,19,20,21,22). The van der Waals surface area contributed by atoms with Crippen LogP contribution in [0.15, 0.2) is 41.2 Å². The van der Waals surface area contributed by atoms with Crippen molar-refractivity contribution in [3.05, 3.63) is 46.8 Å². The molecule has 4 nitrogen and oxygen atoms in total. The van der Waals surface area contributed by atoms with Crippen LogP contribution < -0.4 is 10.9 Å². The molecule has 2 N–H and O–H groups in total. The lowest BCUT2D eigenvalue weighted by atomic mass is 9.97. The molecule has 1 heterocycles. The van der Waals surface area contributed by atoms with Crippen molar-refractivity contribution in [1.82, 2.24) is 9.97 Å². The summed E-state index contributed by atoms with van der Waals surface area (Å²) in [5.41, 5.74) is 1.58. The Hall–Kier alpha value is -2.10. The molecule has 0 unspecified atom stereocenters. The van der Waals surface area contributed by atoms with Gasteiger partial charge in [0, 0.05) is 17.7 Å². The second kappa shape index (κ2) is 7.25. The predicted molar refractivity (Wildman–Crippen MR) is 90.0 cm³/mol. The van der Waals surface area contributed by atoms with Crippen molar-refractivity contribution < 1.29 is 0 Å². The molecule has 1 aliphatic rings. The fraction of sp³-hybridized carbons (Fsp3) is 0.444. The van der Waals surface area contributed by atoms with E-state index in [9.17, 15) is 4.79 Å². The van der Waals surface area contributed by atoms with Crippen LogP contribution in [0.3, 0.4) is 0 Å². The third kappa shape index (κ3) is 3.97. The minimum Gasteiger partial charge on any atom is -0.353 e. The molecule has 0 spiro atoms. The Morgan fingerprint density at radius 1 is 1.00 bits per heavy atom. The number of hydrogen-bond donors (Lipinski definition) is 2. The van der Waals surface area contributed by atoms with Crippen molar-refractivity contribution in [2.45, 2.75) is 51.0 Å². The molecule has 0 bridgehead atoms. The Labute approximate surface area is 131 Å². The Morgan fingerprint density at radius 2 is 1.68 bits per heavy atom. The summed E-state index contributed by atoms with van der Waals surface area (Å²) in [6.45, 7) is 0. The van der Waals surface area contributed by atoms with E-state index in [1.54, 1.807) is 6.07 Å². The van der Waals surface area contributed by atoms with Crippen molar-refractivity contribution in [2.24, 2.45) is 0 Å². The zero-order chi connectivity index (χ0) is 15.2. The molecule has 0 saturated heterocycles. The van der Waals surface area contributed by atoms with Gasteiger partial charge in [-0.25, -0.2) is 4.98 Å². The average Bonchev–Trinajstić information content (AvgIpc) is 2.50. The van der Waals surface area contributed by atoms with Crippen LogP contribution in [0.2, 0.25) is 0 Å². The monoisotopic (exact) mass is 297 g/mol. The molecule has 0 radical (unpaired) electrons. The van der Waals surface area contributed by atoms with E-state index in [0.717, 1.165) is 24.1 Å². The lowest BCUT2D eigenvalue weighted by Crippen LogP contribution is -2.24. The fourth-order valence-electron chi connectivity index (χ4n) is 3.08. The van der Waals surface area contributed by atoms with Crippen LogP contribution in [0.1, 0.15) is 44.9 Å². The first-order chi connectivity index (χ1) is 10.8. The zero-order valence-corrected chi connectivity index (χ0v) is 12.8. The lowest BCUT2D eigenvalue weighted by molar-refractivity contribution is 0.470. The number of aromatic nitrogens is 2. The molecule has 4 heteroatoms. The summed E-state index contributed by atoms with van der Waals surface area (Å²) in [5.74, 6) is 0.594. The molecule has 1 aliphatic carbocycles. The number of nitrogens with one attached hydrogen (secondary N) is 2. The van der Waals surface area contributed by atoms with Crippen molar-refractivity contribution in [2.75, 3.05) is 5.32 Å². The van der Waals surface area contributed by atoms with E-state index in [1.165, 1.54) is 32.1 Å². The van der Waals surface area contributed by atoms with E-state index in [2.05, 4.69) is 15.3 Å². The molecule has 0 atom stereocenters. The summed E-state index contributed by atoms with van der Waals surface area (Å²) >= 11 is 0. The first-order valence-electron chi connectivity index (χ1n) is 8.24. The molecule has 22 heavy (non-hydrogen) atoms. The third-order valence-electron chi connectivity index (χ3n) is 4.26. The maximum atomic E-state index is 11.9. The molecular formula is C18H23N3O. The molecule has 1 fully saturated rings. The number of rotatable bonds is 3. The zero-order valence-electron chi connectivity index (χ0n) is 12.8. The number of anilines is 1. The highest BCUT2D eigenvalue weighted by Gasteiger charge is 2.13. The smallest absolute Gasteiger partial charge is 0.252 e. The van der Waals surface area contributed by atoms with Crippen LogP contribution >= 0.6 is 0 Å². The maximum absolute atomic E-state index is 11.9. The van der Waals surface area contributed by atoms with Gasteiger partial charge in [0.1, 0.15) is 0 Å². The predicted octanol–water partition coefficient (Wildman–Crippen LogP) is 3.96. The third-order valence-corrected chi connectivity index (χ3v) is 4.26. The van der Waals surface area contributed by atoms with Gasteiger partial charge in [0.15, 0.2) is 0 Å². The maximum Gasteiger partial charge on any atom is 0.252 e. The molecule has 0 amide bonds. The summed E-state index contributed by atoms with van der Waals surface area (Å²) < 4.78 is 0. The average molecular weight is 297 g/mol. The van der Waals surface area contributed by atoms with Gasteiger partial charge in [-0.2, -0.15) is 0 Å². The molecule has 1 saturated carbocycles. The number of nitrogens with zero attached hydrogens (tertiary/aromatic N) is 1. The van der Waals surface area contributed by atoms with Gasteiger partial charge in [0.05, 0.1) is 5.69 Å². The van der Waals surface area contributed by atoms with Crippen molar-refractivity contribution in [3.8, 4) is 11.3 Å². The summed E-state index contributed by atoms with van der Waals surface area (Å²) in [6, 6.07) is 11.8. The SMILES string of the molecule is O=c1cc(-c2ccccc2)nc(NC2CCCCCCC2)[nH]1. The van der Waals surface area contributed by atoms with Gasteiger partial charge in [-0.15, -0.1) is 0 Å². The van der Waals surface area contributed by atoms with Gasteiger partial charge in [-0.05, 0) is 12.8 Å². The quantitative estimate of drug-likeness (QED) is 0.901. The molecule has 3 rings (SSSR count). The summed E-state index contributed by atoms with van der Waals surface area (Å²) in [7, 11) is 0. The van der Waals surface area contributed by atoms with E-state index in [-0.39, 0.29) is 5.56 Å². The minimum atomic E-state index is -0.109. The Bertz CT molecular complexity index is 643. The highest BCUT2D eigenvalue weighted by molar-refractivity contribution is 5.59. The molecular weight excluding hydrogens is 274 g/mol. The largest absolute Gasteiger partial charge is 0.353 e. The number of hydrogen-bond acceptors (Lipinski definition) is 3. The van der Waals surface area contributed by atoms with Crippen molar-refractivity contribution in [1.29, 1.82) is 0 Å². The summed E-state index contributed by atoms with van der Waals surface area (Å²) in [6.07, 6.45) is 8.78. The van der Waals surface area contributed by atoms with Crippen LogP contribution in [0.4, 0.5) is 5.95 Å². The summed E-state index contributed by atoms with van der Waals surface area (Å²) in [5, 5.41) is 3.43. The highest BCUT2D eigenvalue weighted by atomic mass is 16.1. The minimum absolute atomic E-state index is 0.109.